The number of anilines is 1. The van der Waals surface area contributed by atoms with Crippen LogP contribution >= 0.6 is 0 Å². The highest BCUT2D eigenvalue weighted by molar-refractivity contribution is 6.06. The van der Waals surface area contributed by atoms with Gasteiger partial charge in [0.15, 0.2) is 11.5 Å². The van der Waals surface area contributed by atoms with Gasteiger partial charge in [-0.1, -0.05) is 19.1 Å². The molecule has 9 heteroatoms. The first-order valence-corrected chi connectivity index (χ1v) is 13.3. The fourth-order valence-corrected chi connectivity index (χ4v) is 4.81. The van der Waals surface area contributed by atoms with Gasteiger partial charge in [0, 0.05) is 36.7 Å². The normalized spacial score (nSPS) is 18.6. The van der Waals surface area contributed by atoms with Crippen LogP contribution in [0.2, 0.25) is 0 Å². The fourth-order valence-electron chi connectivity index (χ4n) is 4.81. The largest absolute Gasteiger partial charge is 0.493 e. The van der Waals surface area contributed by atoms with E-state index in [1.807, 2.05) is 49.4 Å². The number of hydrazone groups is 1. The average Bonchev–Trinajstić information content (AvgIpc) is 2.92. The maximum absolute atomic E-state index is 12.9. The van der Waals surface area contributed by atoms with Gasteiger partial charge in [0.05, 0.1) is 26.0 Å². The molecule has 1 fully saturated rings. The van der Waals surface area contributed by atoms with Crippen LogP contribution in [0.1, 0.15) is 50.7 Å². The molecular weight excluding hydrogens is 484 g/mol. The average molecular weight is 523 g/mol. The van der Waals surface area contributed by atoms with Crippen LogP contribution in [0.25, 0.3) is 0 Å². The summed E-state index contributed by atoms with van der Waals surface area (Å²) in [5, 5.41) is 9.12. The van der Waals surface area contributed by atoms with Gasteiger partial charge in [-0.15, -0.1) is 0 Å². The highest BCUT2D eigenvalue weighted by Gasteiger charge is 2.30. The molecule has 4 rings (SSSR count). The molecule has 1 unspecified atom stereocenters. The number of hydrogen-bond donors (Lipinski definition) is 1. The van der Waals surface area contributed by atoms with Crippen LogP contribution in [0.5, 0.6) is 11.5 Å². The molecule has 2 aliphatic heterocycles. The van der Waals surface area contributed by atoms with Crippen molar-refractivity contribution in [3.05, 3.63) is 53.6 Å². The van der Waals surface area contributed by atoms with E-state index in [1.54, 1.807) is 7.11 Å². The third-order valence-corrected chi connectivity index (χ3v) is 7.05. The second-order valence-corrected chi connectivity index (χ2v) is 9.77. The van der Waals surface area contributed by atoms with E-state index < -0.39 is 6.09 Å². The second kappa shape index (κ2) is 12.8. The van der Waals surface area contributed by atoms with Crippen molar-refractivity contribution >= 4 is 23.4 Å². The smallest absolute Gasteiger partial charge is 0.411 e. The standard InChI is InChI=1S/C29H38N4O5/c1-5-21-18-27(34)33(31-28(21)22-9-12-25(36-4)26(17-22)37-6-2)19-20-7-10-23(11-8-20)30-29(35)38-24-13-15-32(3)16-14-24/h7-12,17,21,24H,5-6,13-16,18-19H2,1-4H3,(H,30,35). The number of carbonyl (C=O) groups is 2. The van der Waals surface area contributed by atoms with Crippen LogP contribution in [0.3, 0.4) is 0 Å². The lowest BCUT2D eigenvalue weighted by Gasteiger charge is -2.29. The van der Waals surface area contributed by atoms with Gasteiger partial charge in [-0.25, -0.2) is 9.80 Å². The Morgan fingerprint density at radius 2 is 1.82 bits per heavy atom. The third kappa shape index (κ3) is 6.83. The number of nitrogens with one attached hydrogen (secondary N) is 1. The van der Waals surface area contributed by atoms with Gasteiger partial charge in [0.2, 0.25) is 5.91 Å². The van der Waals surface area contributed by atoms with E-state index in [9.17, 15) is 9.59 Å². The number of benzene rings is 2. The monoisotopic (exact) mass is 522 g/mol. The first kappa shape index (κ1) is 27.4. The van der Waals surface area contributed by atoms with Crippen LogP contribution in [0.15, 0.2) is 47.6 Å². The lowest BCUT2D eigenvalue weighted by atomic mass is 9.89. The number of methoxy groups -OCH3 is 1. The van der Waals surface area contributed by atoms with Crippen LogP contribution in [-0.2, 0) is 16.1 Å². The van der Waals surface area contributed by atoms with Gasteiger partial charge in [-0.05, 0) is 69.1 Å². The van der Waals surface area contributed by atoms with Gasteiger partial charge in [0.25, 0.3) is 0 Å². The number of rotatable bonds is 9. The molecule has 0 aliphatic carbocycles. The molecule has 0 aromatic heterocycles. The lowest BCUT2D eigenvalue weighted by molar-refractivity contribution is -0.133. The summed E-state index contributed by atoms with van der Waals surface area (Å²) in [5.74, 6) is 1.34. The van der Waals surface area contributed by atoms with Crippen molar-refractivity contribution in [1.29, 1.82) is 0 Å². The van der Waals surface area contributed by atoms with Gasteiger partial charge in [-0.3, -0.25) is 10.1 Å². The van der Waals surface area contributed by atoms with Crippen molar-refractivity contribution < 1.29 is 23.8 Å². The highest BCUT2D eigenvalue weighted by atomic mass is 16.6. The highest BCUT2D eigenvalue weighted by Crippen LogP contribution is 2.32. The zero-order chi connectivity index (χ0) is 27.1. The zero-order valence-corrected chi connectivity index (χ0v) is 22.7. The summed E-state index contributed by atoms with van der Waals surface area (Å²) in [6.45, 7) is 6.72. The fraction of sp³-hybridized carbons (Fsp3) is 0.483. The van der Waals surface area contributed by atoms with E-state index in [0.29, 0.717) is 36.8 Å². The minimum Gasteiger partial charge on any atom is -0.493 e. The van der Waals surface area contributed by atoms with Crippen LogP contribution in [0, 0.1) is 5.92 Å². The molecule has 1 N–H and O–H groups in total. The summed E-state index contributed by atoms with van der Waals surface area (Å²) in [7, 11) is 3.69. The molecule has 1 saturated heterocycles. The molecular formula is C29H38N4O5. The number of ether oxygens (including phenoxy) is 3. The van der Waals surface area contributed by atoms with Crippen molar-refractivity contribution in [2.45, 2.75) is 52.2 Å². The van der Waals surface area contributed by atoms with Gasteiger partial charge in [-0.2, -0.15) is 5.10 Å². The van der Waals surface area contributed by atoms with Gasteiger partial charge in [0.1, 0.15) is 6.10 Å². The molecule has 0 spiro atoms. The van der Waals surface area contributed by atoms with E-state index in [2.05, 4.69) is 24.2 Å². The van der Waals surface area contributed by atoms with Crippen molar-refractivity contribution in [2.75, 3.05) is 39.2 Å². The molecule has 2 aliphatic rings. The van der Waals surface area contributed by atoms with Crippen molar-refractivity contribution in [2.24, 2.45) is 11.0 Å². The summed E-state index contributed by atoms with van der Waals surface area (Å²) < 4.78 is 16.7. The molecule has 38 heavy (non-hydrogen) atoms. The SMILES string of the molecule is CCOc1cc(C2=NN(Cc3ccc(NC(=O)OC4CCN(C)CC4)cc3)C(=O)CC2CC)ccc1OC. The summed E-state index contributed by atoms with van der Waals surface area (Å²) in [4.78, 5) is 27.5. The Kier molecular flexibility index (Phi) is 9.23. The Morgan fingerprint density at radius 3 is 2.47 bits per heavy atom. The maximum atomic E-state index is 12.9. The van der Waals surface area contributed by atoms with Crippen LogP contribution < -0.4 is 14.8 Å². The molecule has 0 saturated carbocycles. The molecule has 0 radical (unpaired) electrons. The molecule has 2 aromatic rings. The summed E-state index contributed by atoms with van der Waals surface area (Å²) in [6, 6.07) is 13.2. The molecule has 0 bridgehead atoms. The van der Waals surface area contributed by atoms with Gasteiger partial charge < -0.3 is 19.1 Å². The molecule has 2 aromatic carbocycles. The van der Waals surface area contributed by atoms with Gasteiger partial charge >= 0.3 is 6.09 Å². The van der Waals surface area contributed by atoms with Crippen molar-refractivity contribution in [3.8, 4) is 11.5 Å². The van der Waals surface area contributed by atoms with E-state index in [4.69, 9.17) is 19.3 Å². The zero-order valence-electron chi connectivity index (χ0n) is 22.7. The number of likely N-dealkylation sites (tertiary alicyclic amines) is 1. The second-order valence-electron chi connectivity index (χ2n) is 9.77. The number of piperidine rings is 1. The molecule has 204 valence electrons. The summed E-state index contributed by atoms with van der Waals surface area (Å²) in [5.41, 5.74) is 3.34. The number of hydrogen-bond acceptors (Lipinski definition) is 7. The molecule has 2 amide bonds. The predicted molar refractivity (Wildman–Crippen MR) is 147 cm³/mol. The first-order valence-electron chi connectivity index (χ1n) is 13.3. The quantitative estimate of drug-likeness (QED) is 0.504. The summed E-state index contributed by atoms with van der Waals surface area (Å²) in [6.07, 6.45) is 2.40. The first-order chi connectivity index (χ1) is 18.4. The Balaban J connectivity index is 1.43. The Hall–Kier alpha value is -3.59. The Labute approximate surface area is 224 Å². The number of nitrogens with zero attached hydrogens (tertiary/aromatic N) is 3. The van der Waals surface area contributed by atoms with E-state index in [-0.39, 0.29) is 17.9 Å². The molecule has 2 heterocycles. The van der Waals surface area contributed by atoms with E-state index in [0.717, 1.165) is 49.2 Å². The van der Waals surface area contributed by atoms with Crippen LogP contribution in [-0.4, -0.2) is 67.6 Å². The minimum absolute atomic E-state index is 0.0111. The van der Waals surface area contributed by atoms with Crippen molar-refractivity contribution in [3.63, 3.8) is 0 Å². The Bertz CT molecular complexity index is 1140. The minimum atomic E-state index is -0.440. The topological polar surface area (TPSA) is 92.7 Å². The Morgan fingerprint density at radius 1 is 1.08 bits per heavy atom. The molecule has 9 nitrogen and oxygen atoms in total. The predicted octanol–water partition coefficient (Wildman–Crippen LogP) is 4.90. The van der Waals surface area contributed by atoms with Crippen LogP contribution in [0.4, 0.5) is 10.5 Å². The van der Waals surface area contributed by atoms with E-state index >= 15 is 0 Å². The molecule has 1 atom stereocenters. The van der Waals surface area contributed by atoms with E-state index in [1.165, 1.54) is 5.01 Å². The summed E-state index contributed by atoms with van der Waals surface area (Å²) >= 11 is 0. The number of carbonyl (C=O) groups excluding carboxylic acids is 2. The maximum Gasteiger partial charge on any atom is 0.411 e. The lowest BCUT2D eigenvalue weighted by Crippen LogP contribution is -2.36. The third-order valence-electron chi connectivity index (χ3n) is 7.05. The van der Waals surface area contributed by atoms with Crippen molar-refractivity contribution in [1.82, 2.24) is 9.91 Å². The number of amides is 2.